The first-order valence-electron chi connectivity index (χ1n) is 12.9. The van der Waals surface area contributed by atoms with Crippen molar-refractivity contribution in [3.05, 3.63) is 88.0 Å². The summed E-state index contributed by atoms with van der Waals surface area (Å²) in [4.78, 5) is 33.1. The van der Waals surface area contributed by atoms with Crippen molar-refractivity contribution in [2.75, 3.05) is 25.0 Å². The van der Waals surface area contributed by atoms with Crippen molar-refractivity contribution in [1.29, 1.82) is 0 Å². The Bertz CT molecular complexity index is 1230. The first-order valence-corrected chi connectivity index (χ1v) is 12.9. The average Bonchev–Trinajstić information content (AvgIpc) is 3.71. The van der Waals surface area contributed by atoms with Gasteiger partial charge in [-0.1, -0.05) is 57.2 Å². The summed E-state index contributed by atoms with van der Waals surface area (Å²) in [6, 6.07) is 15.9. The summed E-state index contributed by atoms with van der Waals surface area (Å²) in [5, 5.41) is 6.49. The highest BCUT2D eigenvalue weighted by Gasteiger charge is 2.25. The number of amides is 1. The fraction of sp³-hybridized carbons (Fsp3) is 0.414. The first kappa shape index (κ1) is 25.6. The van der Waals surface area contributed by atoms with E-state index in [2.05, 4.69) is 53.4 Å². The molecule has 7 nitrogen and oxygen atoms in total. The van der Waals surface area contributed by atoms with E-state index in [1.54, 1.807) is 23.0 Å². The molecular weight excluding hydrogens is 450 g/mol. The van der Waals surface area contributed by atoms with Gasteiger partial charge in [0.2, 0.25) is 0 Å². The average molecular weight is 488 g/mol. The zero-order valence-corrected chi connectivity index (χ0v) is 21.7. The van der Waals surface area contributed by atoms with Gasteiger partial charge in [-0.25, -0.2) is 4.98 Å². The lowest BCUT2D eigenvalue weighted by Crippen LogP contribution is -2.34. The molecule has 0 radical (unpaired) electrons. The fourth-order valence-corrected chi connectivity index (χ4v) is 4.56. The van der Waals surface area contributed by atoms with Gasteiger partial charge in [-0.05, 0) is 62.0 Å². The molecule has 2 aromatic carbocycles. The number of aryl methyl sites for hydroxylation is 1. The predicted molar refractivity (Wildman–Crippen MR) is 145 cm³/mol. The zero-order valence-electron chi connectivity index (χ0n) is 21.7. The molecule has 1 amide bonds. The Kier molecular flexibility index (Phi) is 8.21. The van der Waals surface area contributed by atoms with E-state index < -0.39 is 0 Å². The second-order valence-corrected chi connectivity index (χ2v) is 9.70. The lowest BCUT2D eigenvalue weighted by molar-refractivity contribution is 0.0951. The molecule has 1 heterocycles. The summed E-state index contributed by atoms with van der Waals surface area (Å²) in [5.74, 6) is 0.428. The van der Waals surface area contributed by atoms with Crippen molar-refractivity contribution in [2.45, 2.75) is 52.6 Å². The number of rotatable bonds is 11. The molecule has 190 valence electrons. The van der Waals surface area contributed by atoms with E-state index >= 15 is 0 Å². The van der Waals surface area contributed by atoms with Gasteiger partial charge in [0, 0.05) is 30.5 Å². The lowest BCUT2D eigenvalue weighted by atomic mass is 9.93. The van der Waals surface area contributed by atoms with Gasteiger partial charge in [0.15, 0.2) is 5.82 Å². The van der Waals surface area contributed by atoms with E-state index in [-0.39, 0.29) is 29.5 Å². The van der Waals surface area contributed by atoms with Crippen LogP contribution in [0.25, 0.3) is 5.69 Å². The van der Waals surface area contributed by atoms with Crippen LogP contribution < -0.4 is 16.2 Å². The molecule has 7 heteroatoms. The molecule has 0 aliphatic heterocycles. The predicted octanol–water partition coefficient (Wildman–Crippen LogP) is 4.56. The Labute approximate surface area is 213 Å². The van der Waals surface area contributed by atoms with Gasteiger partial charge in [-0.2, -0.15) is 0 Å². The molecule has 0 spiro atoms. The molecule has 36 heavy (non-hydrogen) atoms. The summed E-state index contributed by atoms with van der Waals surface area (Å²) in [5.41, 5.74) is 3.02. The molecule has 0 unspecified atom stereocenters. The molecule has 0 bridgehead atoms. The van der Waals surface area contributed by atoms with Gasteiger partial charge in [-0.15, -0.1) is 0 Å². The largest absolute Gasteiger partial charge is 0.358 e. The van der Waals surface area contributed by atoms with E-state index in [9.17, 15) is 9.59 Å². The standard InChI is InChI=1S/C29H37N5O2/c1-5-33(6-2)19-21(4)26(22-10-8-7-9-11-22)32-27-29(36)34(17-16-30-27)25-18-23(13-12-20(25)3)28(35)31-24-14-15-24/h7-13,16-18,21,24,26H,5-6,14-15,19H2,1-4H3,(H,30,32)(H,31,35)/t21-,26+/m0/s1. The second kappa shape index (κ2) is 11.5. The number of nitrogens with zero attached hydrogens (tertiary/aromatic N) is 3. The number of hydrogen-bond donors (Lipinski definition) is 2. The highest BCUT2D eigenvalue weighted by Crippen LogP contribution is 2.26. The Hall–Kier alpha value is -3.45. The quantitative estimate of drug-likeness (QED) is 0.414. The number of benzene rings is 2. The van der Waals surface area contributed by atoms with Crippen molar-refractivity contribution in [1.82, 2.24) is 19.8 Å². The fourth-order valence-electron chi connectivity index (χ4n) is 4.56. The zero-order chi connectivity index (χ0) is 25.7. The van der Waals surface area contributed by atoms with Crippen LogP contribution in [-0.4, -0.2) is 46.0 Å². The molecule has 0 saturated heterocycles. The highest BCUT2D eigenvalue weighted by molar-refractivity contribution is 5.95. The Morgan fingerprint density at radius 1 is 1.14 bits per heavy atom. The van der Waals surface area contributed by atoms with Gasteiger partial charge in [0.1, 0.15) is 0 Å². The molecule has 1 aromatic heterocycles. The van der Waals surface area contributed by atoms with Gasteiger partial charge in [-0.3, -0.25) is 14.2 Å². The van der Waals surface area contributed by atoms with E-state index in [0.717, 1.165) is 43.6 Å². The number of hydrogen-bond acceptors (Lipinski definition) is 5. The lowest BCUT2D eigenvalue weighted by Gasteiger charge is -2.30. The monoisotopic (exact) mass is 487 g/mol. The summed E-state index contributed by atoms with van der Waals surface area (Å²) in [6.07, 6.45) is 5.35. The SMILES string of the molecule is CCN(CC)C[C@H](C)[C@@H](Nc1nccn(-c2cc(C(=O)NC3CC3)ccc2C)c1=O)c1ccccc1. The van der Waals surface area contributed by atoms with Crippen LogP contribution in [0.3, 0.4) is 0 Å². The molecule has 1 aliphatic rings. The van der Waals surface area contributed by atoms with Crippen molar-refractivity contribution >= 4 is 11.7 Å². The van der Waals surface area contributed by atoms with Crippen LogP contribution in [0, 0.1) is 12.8 Å². The van der Waals surface area contributed by atoms with E-state index in [0.29, 0.717) is 17.1 Å². The summed E-state index contributed by atoms with van der Waals surface area (Å²) >= 11 is 0. The number of aromatic nitrogens is 2. The molecule has 3 aromatic rings. The maximum Gasteiger partial charge on any atom is 0.297 e. The molecule has 4 rings (SSSR count). The third kappa shape index (κ3) is 6.02. The van der Waals surface area contributed by atoms with E-state index in [1.807, 2.05) is 37.3 Å². The minimum Gasteiger partial charge on any atom is -0.358 e. The van der Waals surface area contributed by atoms with Crippen LogP contribution in [0.15, 0.2) is 65.7 Å². The van der Waals surface area contributed by atoms with Crippen LogP contribution in [0.5, 0.6) is 0 Å². The third-order valence-electron chi connectivity index (χ3n) is 6.94. The number of carbonyl (C=O) groups is 1. The molecule has 1 fully saturated rings. The Morgan fingerprint density at radius 2 is 1.86 bits per heavy atom. The van der Waals surface area contributed by atoms with Gasteiger partial charge < -0.3 is 15.5 Å². The Balaban J connectivity index is 1.66. The first-order chi connectivity index (χ1) is 17.4. The number of carbonyl (C=O) groups excluding carboxylic acids is 1. The second-order valence-electron chi connectivity index (χ2n) is 9.70. The van der Waals surface area contributed by atoms with E-state index in [4.69, 9.17) is 0 Å². The minimum atomic E-state index is -0.240. The normalized spacial score (nSPS) is 14.9. The maximum absolute atomic E-state index is 13.6. The van der Waals surface area contributed by atoms with Crippen LogP contribution in [0.1, 0.15) is 61.1 Å². The summed E-state index contributed by atoms with van der Waals surface area (Å²) in [6.45, 7) is 11.3. The van der Waals surface area contributed by atoms with Crippen molar-refractivity contribution in [2.24, 2.45) is 5.92 Å². The number of anilines is 1. The molecule has 2 atom stereocenters. The molecule has 1 aliphatic carbocycles. The van der Waals surface area contributed by atoms with Crippen LogP contribution in [0.2, 0.25) is 0 Å². The van der Waals surface area contributed by atoms with Gasteiger partial charge in [0.25, 0.3) is 11.5 Å². The molecule has 2 N–H and O–H groups in total. The van der Waals surface area contributed by atoms with Crippen LogP contribution >= 0.6 is 0 Å². The number of nitrogens with one attached hydrogen (secondary N) is 2. The van der Waals surface area contributed by atoms with E-state index in [1.165, 1.54) is 0 Å². The van der Waals surface area contributed by atoms with Gasteiger partial charge in [0.05, 0.1) is 11.7 Å². The summed E-state index contributed by atoms with van der Waals surface area (Å²) in [7, 11) is 0. The summed E-state index contributed by atoms with van der Waals surface area (Å²) < 4.78 is 1.58. The highest BCUT2D eigenvalue weighted by atomic mass is 16.2. The van der Waals surface area contributed by atoms with Gasteiger partial charge >= 0.3 is 0 Å². The van der Waals surface area contributed by atoms with Crippen molar-refractivity contribution in [3.8, 4) is 5.69 Å². The minimum absolute atomic E-state index is 0.0837. The molecule has 1 saturated carbocycles. The molecular formula is C29H37N5O2. The van der Waals surface area contributed by atoms with Crippen molar-refractivity contribution in [3.63, 3.8) is 0 Å². The third-order valence-corrected chi connectivity index (χ3v) is 6.94. The van der Waals surface area contributed by atoms with Crippen LogP contribution in [-0.2, 0) is 0 Å². The topological polar surface area (TPSA) is 79.3 Å². The van der Waals surface area contributed by atoms with Crippen LogP contribution in [0.4, 0.5) is 5.82 Å². The van der Waals surface area contributed by atoms with Crippen molar-refractivity contribution < 1.29 is 4.79 Å². The maximum atomic E-state index is 13.6. The smallest absolute Gasteiger partial charge is 0.297 e. The Morgan fingerprint density at radius 3 is 2.53 bits per heavy atom.